The minimum Gasteiger partial charge on any atom is -0.454 e. The van der Waals surface area contributed by atoms with E-state index in [1.165, 1.54) is 12.1 Å². The number of benzene rings is 1. The average Bonchev–Trinajstić information content (AvgIpc) is 3.20. The smallest absolute Gasteiger partial charge is 0.329 e. The number of likely N-dealkylation sites (tertiary alicyclic amines) is 1. The van der Waals surface area contributed by atoms with E-state index in [1.807, 2.05) is 13.8 Å². The molecule has 0 bridgehead atoms. The summed E-state index contributed by atoms with van der Waals surface area (Å²) in [6.45, 7) is 3.42. The molecule has 0 radical (unpaired) electrons. The van der Waals surface area contributed by atoms with Crippen LogP contribution >= 0.6 is 0 Å². The number of carbonyl (C=O) groups excluding carboxylic acids is 5. The molecule has 28 heavy (non-hydrogen) atoms. The first kappa shape index (κ1) is 19.7. The summed E-state index contributed by atoms with van der Waals surface area (Å²) in [6, 6.07) is 5.24. The summed E-state index contributed by atoms with van der Waals surface area (Å²) in [5.74, 6) is -2.82. The van der Waals surface area contributed by atoms with Gasteiger partial charge >= 0.3 is 5.97 Å². The highest BCUT2D eigenvalue weighted by atomic mass is 16.5. The van der Waals surface area contributed by atoms with Crippen molar-refractivity contribution >= 4 is 29.6 Å². The normalized spacial score (nSPS) is 17.3. The molecular weight excluding hydrogens is 364 g/mol. The van der Waals surface area contributed by atoms with Crippen molar-refractivity contribution in [1.29, 1.82) is 0 Å². The Hall–Kier alpha value is -3.03. The number of hydrogen-bond donors (Lipinski definition) is 0. The number of rotatable bonds is 6. The molecule has 8 nitrogen and oxygen atoms in total. The zero-order valence-electron chi connectivity index (χ0n) is 15.8. The quantitative estimate of drug-likeness (QED) is 0.541. The van der Waals surface area contributed by atoms with Gasteiger partial charge in [-0.25, -0.2) is 4.79 Å². The summed E-state index contributed by atoms with van der Waals surface area (Å²) in [4.78, 5) is 63.8. The molecule has 1 atom stereocenters. The molecule has 2 aliphatic heterocycles. The molecule has 2 heterocycles. The molecule has 0 aliphatic carbocycles. The maximum atomic E-state index is 12.7. The van der Waals surface area contributed by atoms with Crippen molar-refractivity contribution in [2.45, 2.75) is 39.2 Å². The van der Waals surface area contributed by atoms with Crippen LogP contribution in [-0.2, 0) is 19.1 Å². The fourth-order valence-corrected chi connectivity index (χ4v) is 3.46. The highest BCUT2D eigenvalue weighted by molar-refractivity contribution is 6.22. The number of ether oxygens (including phenoxy) is 1. The van der Waals surface area contributed by atoms with E-state index in [-0.39, 0.29) is 29.4 Å². The fraction of sp³-hybridized carbons (Fsp3) is 0.450. The Labute approximate surface area is 162 Å². The van der Waals surface area contributed by atoms with Gasteiger partial charge in [-0.05, 0) is 30.9 Å². The van der Waals surface area contributed by atoms with Crippen LogP contribution in [0.15, 0.2) is 24.3 Å². The van der Waals surface area contributed by atoms with Crippen molar-refractivity contribution in [1.82, 2.24) is 9.80 Å². The number of nitrogens with zero attached hydrogens (tertiary/aromatic N) is 2. The topological polar surface area (TPSA) is 101 Å². The zero-order valence-corrected chi connectivity index (χ0v) is 15.8. The predicted octanol–water partition coefficient (Wildman–Crippen LogP) is 1.39. The summed E-state index contributed by atoms with van der Waals surface area (Å²) >= 11 is 0. The number of esters is 1. The van der Waals surface area contributed by atoms with Gasteiger partial charge in [0.2, 0.25) is 5.91 Å². The number of amides is 4. The molecule has 148 valence electrons. The number of imide groups is 2. The van der Waals surface area contributed by atoms with E-state index >= 15 is 0 Å². The van der Waals surface area contributed by atoms with E-state index < -0.39 is 36.3 Å². The Morgan fingerprint density at radius 2 is 1.68 bits per heavy atom. The van der Waals surface area contributed by atoms with Gasteiger partial charge in [0.15, 0.2) is 6.61 Å². The van der Waals surface area contributed by atoms with Gasteiger partial charge in [0.05, 0.1) is 11.1 Å². The van der Waals surface area contributed by atoms with E-state index in [0.29, 0.717) is 19.4 Å². The lowest BCUT2D eigenvalue weighted by Gasteiger charge is -2.26. The average molecular weight is 386 g/mol. The van der Waals surface area contributed by atoms with E-state index in [4.69, 9.17) is 4.74 Å². The SMILES string of the molecule is CC(C)CC(C(=O)OCC(=O)N1CCCC1=O)N1C(=O)c2ccccc2C1=O. The number of fused-ring (bicyclic) bond motifs is 1. The lowest BCUT2D eigenvalue weighted by atomic mass is 10.0. The van der Waals surface area contributed by atoms with Gasteiger partial charge in [-0.3, -0.25) is 29.0 Å². The number of carbonyl (C=O) groups is 5. The minimum absolute atomic E-state index is 0.00211. The van der Waals surface area contributed by atoms with E-state index in [1.54, 1.807) is 12.1 Å². The Bertz CT molecular complexity index is 812. The lowest BCUT2D eigenvalue weighted by molar-refractivity contribution is -0.157. The fourth-order valence-electron chi connectivity index (χ4n) is 3.46. The Morgan fingerprint density at radius 1 is 1.07 bits per heavy atom. The van der Waals surface area contributed by atoms with Crippen LogP contribution in [0.5, 0.6) is 0 Å². The van der Waals surface area contributed by atoms with Crippen molar-refractivity contribution in [2.75, 3.05) is 13.2 Å². The minimum atomic E-state index is -1.13. The summed E-state index contributed by atoms with van der Waals surface area (Å²) in [6.07, 6.45) is 1.09. The third kappa shape index (κ3) is 3.67. The van der Waals surface area contributed by atoms with Crippen LogP contribution in [0.2, 0.25) is 0 Å². The first-order valence-electron chi connectivity index (χ1n) is 9.28. The second-order valence-corrected chi connectivity index (χ2v) is 7.32. The van der Waals surface area contributed by atoms with Crippen LogP contribution in [0, 0.1) is 5.92 Å². The molecule has 0 aromatic heterocycles. The third-order valence-electron chi connectivity index (χ3n) is 4.82. The van der Waals surface area contributed by atoms with Crippen LogP contribution in [0.1, 0.15) is 53.8 Å². The molecule has 2 aliphatic rings. The van der Waals surface area contributed by atoms with Gasteiger partial charge in [0, 0.05) is 13.0 Å². The van der Waals surface area contributed by atoms with Gasteiger partial charge in [-0.1, -0.05) is 26.0 Å². The largest absolute Gasteiger partial charge is 0.454 e. The zero-order chi connectivity index (χ0) is 20.4. The van der Waals surface area contributed by atoms with Crippen molar-refractivity contribution in [3.05, 3.63) is 35.4 Å². The molecule has 0 spiro atoms. The summed E-state index contributed by atoms with van der Waals surface area (Å²) in [5.41, 5.74) is 0.487. The molecule has 1 saturated heterocycles. The molecule has 3 rings (SSSR count). The second kappa shape index (κ2) is 7.92. The molecule has 1 aromatic carbocycles. The van der Waals surface area contributed by atoms with Gasteiger partial charge in [-0.15, -0.1) is 0 Å². The van der Waals surface area contributed by atoms with E-state index in [2.05, 4.69) is 0 Å². The van der Waals surface area contributed by atoms with Crippen molar-refractivity contribution in [3.63, 3.8) is 0 Å². The van der Waals surface area contributed by atoms with Crippen LogP contribution < -0.4 is 0 Å². The van der Waals surface area contributed by atoms with Crippen molar-refractivity contribution in [3.8, 4) is 0 Å². The predicted molar refractivity (Wildman–Crippen MR) is 97.1 cm³/mol. The highest BCUT2D eigenvalue weighted by Gasteiger charge is 2.43. The van der Waals surface area contributed by atoms with Gasteiger partial charge in [0.25, 0.3) is 17.7 Å². The molecular formula is C20H22N2O6. The first-order valence-corrected chi connectivity index (χ1v) is 9.28. The van der Waals surface area contributed by atoms with Gasteiger partial charge < -0.3 is 4.74 Å². The molecule has 1 fully saturated rings. The van der Waals surface area contributed by atoms with Gasteiger partial charge in [0.1, 0.15) is 6.04 Å². The van der Waals surface area contributed by atoms with E-state index in [9.17, 15) is 24.0 Å². The van der Waals surface area contributed by atoms with Crippen LogP contribution in [0.3, 0.4) is 0 Å². The molecule has 1 unspecified atom stereocenters. The van der Waals surface area contributed by atoms with Crippen LogP contribution in [0.25, 0.3) is 0 Å². The maximum absolute atomic E-state index is 12.7. The van der Waals surface area contributed by atoms with Crippen molar-refractivity contribution in [2.24, 2.45) is 5.92 Å². The molecule has 4 amide bonds. The third-order valence-corrected chi connectivity index (χ3v) is 4.82. The Balaban J connectivity index is 1.74. The summed E-state index contributed by atoms with van der Waals surface area (Å²) < 4.78 is 5.11. The van der Waals surface area contributed by atoms with Crippen LogP contribution in [0.4, 0.5) is 0 Å². The van der Waals surface area contributed by atoms with E-state index in [0.717, 1.165) is 9.80 Å². The Kier molecular flexibility index (Phi) is 5.58. The highest BCUT2D eigenvalue weighted by Crippen LogP contribution is 2.27. The van der Waals surface area contributed by atoms with Gasteiger partial charge in [-0.2, -0.15) is 0 Å². The monoisotopic (exact) mass is 386 g/mol. The second-order valence-electron chi connectivity index (χ2n) is 7.32. The molecule has 0 N–H and O–H groups in total. The van der Waals surface area contributed by atoms with Crippen molar-refractivity contribution < 1.29 is 28.7 Å². The van der Waals surface area contributed by atoms with Crippen LogP contribution in [-0.4, -0.2) is 58.6 Å². The number of hydrogen-bond acceptors (Lipinski definition) is 6. The first-order chi connectivity index (χ1) is 13.3. The lowest BCUT2D eigenvalue weighted by Crippen LogP contribution is -2.47. The maximum Gasteiger partial charge on any atom is 0.329 e. The summed E-state index contributed by atoms with van der Waals surface area (Å²) in [7, 11) is 0. The molecule has 0 saturated carbocycles. The molecule has 1 aromatic rings. The summed E-state index contributed by atoms with van der Waals surface area (Å²) in [5, 5.41) is 0. The standard InChI is InChI=1S/C20H22N2O6/c1-12(2)10-15(20(27)28-11-17(24)21-9-5-8-16(21)23)22-18(25)13-6-3-4-7-14(13)19(22)26/h3-4,6-7,12,15H,5,8-11H2,1-2H3. The molecule has 8 heteroatoms. The Morgan fingerprint density at radius 3 is 2.18 bits per heavy atom.